The number of carbonyl (C=O) groups is 2. The zero-order chi connectivity index (χ0) is 14.7. The van der Waals surface area contributed by atoms with Crippen LogP contribution < -0.4 is 5.32 Å². The molecule has 19 heavy (non-hydrogen) atoms. The largest absolute Gasteiger partial charge is 0.480 e. The molecule has 0 aliphatic heterocycles. The summed E-state index contributed by atoms with van der Waals surface area (Å²) in [4.78, 5) is 24.3. The van der Waals surface area contributed by atoms with Crippen LogP contribution in [0.3, 0.4) is 0 Å². The lowest BCUT2D eigenvalue weighted by Gasteiger charge is -2.21. The van der Waals surface area contributed by atoms with E-state index < -0.39 is 12.0 Å². The molecule has 2 N–H and O–H groups in total. The van der Waals surface area contributed by atoms with Crippen LogP contribution >= 0.6 is 11.8 Å². The fourth-order valence-corrected chi connectivity index (χ4v) is 1.91. The summed E-state index contributed by atoms with van der Waals surface area (Å²) in [6.45, 7) is 1.11. The first-order chi connectivity index (χ1) is 9.02. The molecule has 0 spiro atoms. The van der Waals surface area contributed by atoms with E-state index in [4.69, 9.17) is 9.84 Å². The number of hydrogen-bond acceptors (Lipinski definition) is 4. The number of carbonyl (C=O) groups excluding carboxylic acids is 1. The Kier molecular flexibility index (Phi) is 10.4. The number of urea groups is 1. The molecule has 112 valence electrons. The van der Waals surface area contributed by atoms with Gasteiger partial charge in [-0.1, -0.05) is 0 Å². The van der Waals surface area contributed by atoms with Crippen LogP contribution in [0.15, 0.2) is 0 Å². The number of nitrogens with one attached hydrogen (secondary N) is 1. The molecule has 0 saturated carbocycles. The monoisotopic (exact) mass is 292 g/mol. The quantitative estimate of drug-likeness (QED) is 0.593. The molecule has 0 aromatic rings. The van der Waals surface area contributed by atoms with E-state index in [1.807, 2.05) is 6.26 Å². The summed E-state index contributed by atoms with van der Waals surface area (Å²) >= 11 is 1.72. The van der Waals surface area contributed by atoms with Gasteiger partial charge in [0, 0.05) is 27.3 Å². The van der Waals surface area contributed by atoms with Crippen LogP contribution in [-0.4, -0.2) is 67.4 Å². The van der Waals surface area contributed by atoms with Crippen molar-refractivity contribution in [2.75, 3.05) is 39.3 Å². The highest BCUT2D eigenvalue weighted by molar-refractivity contribution is 7.98. The lowest BCUT2D eigenvalue weighted by atomic mass is 10.1. The minimum atomic E-state index is -1.01. The number of rotatable bonds is 10. The maximum absolute atomic E-state index is 11.8. The van der Waals surface area contributed by atoms with Gasteiger partial charge in [0.15, 0.2) is 0 Å². The molecule has 1 unspecified atom stereocenters. The molecule has 0 heterocycles. The Morgan fingerprint density at radius 3 is 2.63 bits per heavy atom. The van der Waals surface area contributed by atoms with Crippen molar-refractivity contribution in [3.63, 3.8) is 0 Å². The molecule has 2 amide bonds. The van der Waals surface area contributed by atoms with Crippen LogP contribution in [0.1, 0.15) is 19.3 Å². The number of methoxy groups -OCH3 is 1. The smallest absolute Gasteiger partial charge is 0.326 e. The van der Waals surface area contributed by atoms with Crippen molar-refractivity contribution < 1.29 is 19.4 Å². The predicted octanol–water partition coefficient (Wildman–Crippen LogP) is 1.26. The maximum atomic E-state index is 11.8. The Bertz CT molecular complexity index is 276. The number of hydrogen-bond donors (Lipinski definition) is 2. The van der Waals surface area contributed by atoms with Crippen LogP contribution in [0.25, 0.3) is 0 Å². The lowest BCUT2D eigenvalue weighted by molar-refractivity contribution is -0.139. The molecule has 0 fully saturated rings. The average molecular weight is 292 g/mol. The Labute approximate surface area is 118 Å². The topological polar surface area (TPSA) is 78.9 Å². The van der Waals surface area contributed by atoms with Crippen molar-refractivity contribution in [1.29, 1.82) is 0 Å². The second-order valence-corrected chi connectivity index (χ2v) is 5.23. The fourth-order valence-electron chi connectivity index (χ4n) is 1.50. The van der Waals surface area contributed by atoms with Crippen molar-refractivity contribution in [3.8, 4) is 0 Å². The van der Waals surface area contributed by atoms with Gasteiger partial charge in [-0.25, -0.2) is 9.59 Å². The molecule has 0 aliphatic carbocycles. The summed E-state index contributed by atoms with van der Waals surface area (Å²) in [6.07, 6.45) is 3.88. The Morgan fingerprint density at radius 2 is 2.11 bits per heavy atom. The molecule has 0 aliphatic rings. The second-order valence-electron chi connectivity index (χ2n) is 4.24. The van der Waals surface area contributed by atoms with E-state index in [0.29, 0.717) is 26.0 Å². The summed E-state index contributed by atoms with van der Waals surface area (Å²) < 4.78 is 4.87. The van der Waals surface area contributed by atoms with E-state index in [1.54, 1.807) is 25.9 Å². The predicted molar refractivity (Wildman–Crippen MR) is 76.7 cm³/mol. The van der Waals surface area contributed by atoms with E-state index in [2.05, 4.69) is 5.32 Å². The van der Waals surface area contributed by atoms with Gasteiger partial charge in [0.25, 0.3) is 0 Å². The first-order valence-corrected chi connectivity index (χ1v) is 7.64. The van der Waals surface area contributed by atoms with Gasteiger partial charge < -0.3 is 20.1 Å². The SMILES string of the molecule is COCCCC(NC(=O)N(C)CCCSC)C(=O)O. The normalized spacial score (nSPS) is 11.9. The van der Waals surface area contributed by atoms with Gasteiger partial charge in [-0.2, -0.15) is 11.8 Å². The van der Waals surface area contributed by atoms with E-state index in [1.165, 1.54) is 4.90 Å². The molecule has 7 heteroatoms. The highest BCUT2D eigenvalue weighted by Gasteiger charge is 2.21. The molecule has 0 rings (SSSR count). The Balaban J connectivity index is 4.11. The van der Waals surface area contributed by atoms with Gasteiger partial charge in [0.2, 0.25) is 0 Å². The van der Waals surface area contributed by atoms with Crippen LogP contribution in [0.5, 0.6) is 0 Å². The molecule has 0 bridgehead atoms. The van der Waals surface area contributed by atoms with Crippen molar-refractivity contribution in [2.24, 2.45) is 0 Å². The number of thioether (sulfide) groups is 1. The van der Waals surface area contributed by atoms with Crippen molar-refractivity contribution in [2.45, 2.75) is 25.3 Å². The summed E-state index contributed by atoms with van der Waals surface area (Å²) in [5.74, 6) is -0.0321. The summed E-state index contributed by atoms with van der Waals surface area (Å²) in [5.41, 5.74) is 0. The van der Waals surface area contributed by atoms with Crippen LogP contribution in [0.2, 0.25) is 0 Å². The standard InChI is InChI=1S/C12H24N2O4S/c1-14(7-5-9-19-3)12(17)13-10(11(15)16)6-4-8-18-2/h10H,4-9H2,1-3H3,(H,13,17)(H,15,16). The first kappa shape index (κ1) is 18.0. The minimum Gasteiger partial charge on any atom is -0.480 e. The van der Waals surface area contributed by atoms with Gasteiger partial charge in [-0.05, 0) is 31.3 Å². The zero-order valence-electron chi connectivity index (χ0n) is 11.8. The van der Waals surface area contributed by atoms with Crippen LogP contribution in [-0.2, 0) is 9.53 Å². The molecule has 0 aromatic heterocycles. The number of ether oxygens (including phenoxy) is 1. The number of nitrogens with zero attached hydrogens (tertiary/aromatic N) is 1. The van der Waals surface area contributed by atoms with Crippen molar-refractivity contribution in [3.05, 3.63) is 0 Å². The van der Waals surface area contributed by atoms with Gasteiger partial charge in [-0.3, -0.25) is 0 Å². The fraction of sp³-hybridized carbons (Fsp3) is 0.833. The molecule has 1 atom stereocenters. The third-order valence-corrected chi connectivity index (χ3v) is 3.32. The Morgan fingerprint density at radius 1 is 1.42 bits per heavy atom. The van der Waals surface area contributed by atoms with Crippen molar-refractivity contribution >= 4 is 23.8 Å². The second kappa shape index (κ2) is 10.9. The number of amides is 2. The molecule has 0 aromatic carbocycles. The summed E-state index contributed by atoms with van der Waals surface area (Å²) in [5, 5.41) is 11.6. The number of aliphatic carboxylic acids is 1. The van der Waals surface area contributed by atoms with E-state index in [-0.39, 0.29) is 6.03 Å². The molecular weight excluding hydrogens is 268 g/mol. The number of carboxylic acid groups (broad SMARTS) is 1. The van der Waals surface area contributed by atoms with Crippen LogP contribution in [0, 0.1) is 0 Å². The highest BCUT2D eigenvalue weighted by Crippen LogP contribution is 2.01. The van der Waals surface area contributed by atoms with E-state index in [9.17, 15) is 9.59 Å². The molecule has 0 saturated heterocycles. The van der Waals surface area contributed by atoms with Gasteiger partial charge in [0.05, 0.1) is 0 Å². The van der Waals surface area contributed by atoms with Gasteiger partial charge >= 0.3 is 12.0 Å². The third-order valence-electron chi connectivity index (χ3n) is 2.63. The lowest BCUT2D eigenvalue weighted by Crippen LogP contribution is -2.47. The number of carboxylic acids is 1. The van der Waals surface area contributed by atoms with Crippen LogP contribution in [0.4, 0.5) is 4.79 Å². The summed E-state index contributed by atoms with van der Waals surface area (Å²) in [6, 6.07) is -1.20. The van der Waals surface area contributed by atoms with Gasteiger partial charge in [0.1, 0.15) is 6.04 Å². The summed E-state index contributed by atoms with van der Waals surface area (Å²) in [7, 11) is 3.23. The maximum Gasteiger partial charge on any atom is 0.326 e. The first-order valence-electron chi connectivity index (χ1n) is 6.25. The van der Waals surface area contributed by atoms with Gasteiger partial charge in [-0.15, -0.1) is 0 Å². The third kappa shape index (κ3) is 8.72. The molecular formula is C12H24N2O4S. The van der Waals surface area contributed by atoms with E-state index >= 15 is 0 Å². The van der Waals surface area contributed by atoms with E-state index in [0.717, 1.165) is 12.2 Å². The average Bonchev–Trinajstić information content (AvgIpc) is 2.37. The molecule has 0 radical (unpaired) electrons. The zero-order valence-corrected chi connectivity index (χ0v) is 12.7. The Hall–Kier alpha value is -0.950. The van der Waals surface area contributed by atoms with Crippen molar-refractivity contribution in [1.82, 2.24) is 10.2 Å². The molecule has 6 nitrogen and oxygen atoms in total. The minimum absolute atomic E-state index is 0.342. The highest BCUT2D eigenvalue weighted by atomic mass is 32.2.